The number of ether oxygens (including phenoxy) is 6. The molecule has 444 valence electrons. The first-order valence-electron chi connectivity index (χ1n) is 28.7. The van der Waals surface area contributed by atoms with Gasteiger partial charge in [-0.1, -0.05) is 145 Å². The molecule has 0 aromatic carbocycles. The highest BCUT2D eigenvalue weighted by molar-refractivity contribution is 5.76. The van der Waals surface area contributed by atoms with Crippen LogP contribution in [0.3, 0.4) is 0 Å². The number of aliphatic hydroxyl groups is 11. The molecular formula is C58H99NO18. The summed E-state index contributed by atoms with van der Waals surface area (Å²) in [5, 5.41) is 120. The molecule has 0 aliphatic carbocycles. The normalized spacial score (nSPS) is 31.3. The van der Waals surface area contributed by atoms with Gasteiger partial charge in [0.1, 0.15) is 73.2 Å². The van der Waals surface area contributed by atoms with Gasteiger partial charge in [-0.3, -0.25) is 4.79 Å². The van der Waals surface area contributed by atoms with Crippen molar-refractivity contribution in [3.05, 3.63) is 72.9 Å². The molecule has 0 aromatic heterocycles. The Bertz CT molecular complexity index is 1690. The molecule has 3 saturated heterocycles. The maximum atomic E-state index is 13.3. The second kappa shape index (κ2) is 41.3. The number of hydrogen-bond acceptors (Lipinski definition) is 18. The van der Waals surface area contributed by atoms with Crippen LogP contribution in [0.2, 0.25) is 0 Å². The molecule has 0 spiro atoms. The van der Waals surface area contributed by atoms with Crippen LogP contribution in [0.4, 0.5) is 0 Å². The van der Waals surface area contributed by atoms with Crippen LogP contribution in [0.15, 0.2) is 72.9 Å². The fourth-order valence-electron chi connectivity index (χ4n) is 9.18. The third kappa shape index (κ3) is 25.7. The molecule has 3 heterocycles. The Hall–Kier alpha value is -2.77. The molecule has 3 aliphatic heterocycles. The molecule has 19 heteroatoms. The average molecular weight is 1100 g/mol. The van der Waals surface area contributed by atoms with Gasteiger partial charge in [0.2, 0.25) is 5.91 Å². The molecule has 0 saturated carbocycles. The lowest BCUT2D eigenvalue weighted by molar-refractivity contribution is -0.379. The van der Waals surface area contributed by atoms with E-state index in [4.69, 9.17) is 28.4 Å². The van der Waals surface area contributed by atoms with E-state index < -0.39 is 124 Å². The van der Waals surface area contributed by atoms with Gasteiger partial charge >= 0.3 is 0 Å². The van der Waals surface area contributed by atoms with E-state index in [0.29, 0.717) is 12.8 Å². The van der Waals surface area contributed by atoms with Gasteiger partial charge < -0.3 is 89.9 Å². The Morgan fingerprint density at radius 2 is 0.896 bits per heavy atom. The smallest absolute Gasteiger partial charge is 0.220 e. The summed E-state index contributed by atoms with van der Waals surface area (Å²) < 4.78 is 34.1. The molecule has 0 radical (unpaired) electrons. The molecule has 3 aliphatic rings. The van der Waals surface area contributed by atoms with Crippen LogP contribution < -0.4 is 5.32 Å². The van der Waals surface area contributed by atoms with Gasteiger partial charge in [0.25, 0.3) is 0 Å². The lowest BCUT2D eigenvalue weighted by Crippen LogP contribution is -2.66. The topological polar surface area (TPSA) is 307 Å². The first-order valence-corrected chi connectivity index (χ1v) is 28.7. The van der Waals surface area contributed by atoms with Crippen LogP contribution in [-0.2, 0) is 33.2 Å². The summed E-state index contributed by atoms with van der Waals surface area (Å²) in [6.07, 6.45) is 20.4. The predicted molar refractivity (Wildman–Crippen MR) is 291 cm³/mol. The van der Waals surface area contributed by atoms with E-state index in [2.05, 4.69) is 79.9 Å². The minimum absolute atomic E-state index is 0.213. The van der Waals surface area contributed by atoms with Crippen molar-refractivity contribution >= 4 is 5.91 Å². The number of nitrogens with one attached hydrogen (secondary N) is 1. The number of allylic oxidation sites excluding steroid dienone is 11. The minimum Gasteiger partial charge on any atom is -0.394 e. The summed E-state index contributed by atoms with van der Waals surface area (Å²) in [5.41, 5.74) is 0. The summed E-state index contributed by atoms with van der Waals surface area (Å²) in [6.45, 7) is 1.56. The molecule has 0 bridgehead atoms. The zero-order valence-electron chi connectivity index (χ0n) is 45.9. The number of aliphatic hydroxyl groups excluding tert-OH is 11. The standard InChI is InChI=1S/C58H99NO18/c1-3-5-7-9-11-13-15-16-17-18-19-20-21-22-23-24-26-28-30-32-34-36-46(64)59-41(42(63)35-33-31-29-27-25-14-12-10-8-6-4-2)40-72-56-52(70)49(67)54(44(38-61)74-56)77-58-53(71)50(68)55(45(39-62)75-58)76-57-51(69)48(66)47(65)43(37-60)73-57/h8,10,15-16,18-19,21-22,25,27,33,35,41-45,47-58,60-63,65-71H,3-7,9,11-14,17,20,23-24,26,28-32,34,36-40H2,1-2H3,(H,59,64)/b10-8+,16-15-,19-18-,22-21-,27-25+,35-33+. The second-order valence-corrected chi connectivity index (χ2v) is 20.4. The second-order valence-electron chi connectivity index (χ2n) is 20.4. The van der Waals surface area contributed by atoms with E-state index >= 15 is 0 Å². The third-order valence-corrected chi connectivity index (χ3v) is 13.9. The summed E-state index contributed by atoms with van der Waals surface area (Å²) in [4.78, 5) is 13.3. The van der Waals surface area contributed by atoms with Crippen molar-refractivity contribution < 1.29 is 89.4 Å². The Kier molecular flexibility index (Phi) is 36.7. The quantitative estimate of drug-likeness (QED) is 0.0301. The third-order valence-electron chi connectivity index (χ3n) is 13.9. The van der Waals surface area contributed by atoms with Crippen LogP contribution in [0.25, 0.3) is 0 Å². The predicted octanol–water partition coefficient (Wildman–Crippen LogP) is 4.26. The van der Waals surface area contributed by atoms with E-state index in [9.17, 15) is 61.0 Å². The first-order chi connectivity index (χ1) is 37.3. The highest BCUT2D eigenvalue weighted by Gasteiger charge is 2.53. The van der Waals surface area contributed by atoms with Gasteiger partial charge in [0, 0.05) is 6.42 Å². The number of hydrogen-bond donors (Lipinski definition) is 12. The molecule has 77 heavy (non-hydrogen) atoms. The monoisotopic (exact) mass is 1100 g/mol. The molecule has 0 aromatic rings. The highest BCUT2D eigenvalue weighted by Crippen LogP contribution is 2.33. The van der Waals surface area contributed by atoms with Gasteiger partial charge in [0.05, 0.1) is 38.6 Å². The Balaban J connectivity index is 1.51. The lowest BCUT2D eigenvalue weighted by Gasteiger charge is -2.48. The molecule has 19 nitrogen and oxygen atoms in total. The molecule has 12 N–H and O–H groups in total. The van der Waals surface area contributed by atoms with Crippen LogP contribution in [0.5, 0.6) is 0 Å². The zero-order valence-corrected chi connectivity index (χ0v) is 45.9. The van der Waals surface area contributed by atoms with E-state index in [1.54, 1.807) is 6.08 Å². The largest absolute Gasteiger partial charge is 0.394 e. The summed E-state index contributed by atoms with van der Waals surface area (Å²) in [6, 6.07) is -1.00. The Morgan fingerprint density at radius 1 is 0.468 bits per heavy atom. The fourth-order valence-corrected chi connectivity index (χ4v) is 9.18. The number of carbonyl (C=O) groups excluding carboxylic acids is 1. The van der Waals surface area contributed by atoms with Crippen LogP contribution >= 0.6 is 0 Å². The molecule has 3 rings (SSSR count). The van der Waals surface area contributed by atoms with Crippen molar-refractivity contribution in [2.45, 2.75) is 259 Å². The van der Waals surface area contributed by atoms with Crippen LogP contribution in [-0.4, -0.2) is 193 Å². The summed E-state index contributed by atoms with van der Waals surface area (Å²) in [5.74, 6) is -0.308. The number of amides is 1. The molecular weight excluding hydrogens is 999 g/mol. The zero-order chi connectivity index (χ0) is 56.2. The van der Waals surface area contributed by atoms with Gasteiger partial charge in [-0.05, 0) is 77.0 Å². The van der Waals surface area contributed by atoms with Crippen molar-refractivity contribution in [2.75, 3.05) is 26.4 Å². The average Bonchev–Trinajstić information content (AvgIpc) is 3.42. The van der Waals surface area contributed by atoms with Crippen LogP contribution in [0.1, 0.15) is 155 Å². The van der Waals surface area contributed by atoms with Gasteiger partial charge in [-0.25, -0.2) is 0 Å². The summed E-state index contributed by atoms with van der Waals surface area (Å²) >= 11 is 0. The van der Waals surface area contributed by atoms with E-state index in [-0.39, 0.29) is 18.9 Å². The van der Waals surface area contributed by atoms with E-state index in [0.717, 1.165) is 83.5 Å². The Labute approximate surface area is 458 Å². The van der Waals surface area contributed by atoms with E-state index in [1.807, 2.05) is 6.08 Å². The van der Waals surface area contributed by atoms with Gasteiger partial charge in [0.15, 0.2) is 18.9 Å². The SMILES string of the molecule is CCC/C=C/CC/C=C/CC/C=C/C(O)C(COC1OC(CO)C(OC2OC(CO)C(OC3OC(CO)C(O)C(O)C3O)C(O)C2O)C(O)C1O)NC(=O)CCCCCCCC/C=C\C/C=C\C/C=C\CCCCCCC. The van der Waals surface area contributed by atoms with Crippen molar-refractivity contribution in [1.82, 2.24) is 5.32 Å². The summed E-state index contributed by atoms with van der Waals surface area (Å²) in [7, 11) is 0. The highest BCUT2D eigenvalue weighted by atomic mass is 16.8. The molecule has 17 unspecified atom stereocenters. The Morgan fingerprint density at radius 3 is 1.43 bits per heavy atom. The number of unbranched alkanes of at least 4 members (excludes halogenated alkanes) is 14. The van der Waals surface area contributed by atoms with Crippen molar-refractivity contribution in [3.63, 3.8) is 0 Å². The van der Waals surface area contributed by atoms with Crippen molar-refractivity contribution in [3.8, 4) is 0 Å². The fraction of sp³-hybridized carbons (Fsp3) is 0.776. The maximum absolute atomic E-state index is 13.3. The van der Waals surface area contributed by atoms with Crippen LogP contribution in [0, 0.1) is 0 Å². The van der Waals surface area contributed by atoms with Gasteiger partial charge in [-0.15, -0.1) is 0 Å². The molecule has 17 atom stereocenters. The molecule has 1 amide bonds. The van der Waals surface area contributed by atoms with E-state index in [1.165, 1.54) is 38.5 Å². The number of rotatable bonds is 40. The minimum atomic E-state index is -1.99. The maximum Gasteiger partial charge on any atom is 0.220 e. The van der Waals surface area contributed by atoms with Crippen molar-refractivity contribution in [2.24, 2.45) is 0 Å². The van der Waals surface area contributed by atoms with Gasteiger partial charge in [-0.2, -0.15) is 0 Å². The molecule has 3 fully saturated rings. The number of carbonyl (C=O) groups is 1. The lowest BCUT2D eigenvalue weighted by atomic mass is 9.96. The first kappa shape index (κ1) is 68.5. The van der Waals surface area contributed by atoms with Crippen molar-refractivity contribution in [1.29, 1.82) is 0 Å².